The third kappa shape index (κ3) is 2.85. The highest BCUT2D eigenvalue weighted by Crippen LogP contribution is 2.66. The molecule has 2 heterocycles. The number of aliphatic hydroxyl groups is 1. The smallest absolute Gasteiger partial charge is 0.183 e. The summed E-state index contributed by atoms with van der Waals surface area (Å²) in [5, 5.41) is 12.6. The molecule has 1 saturated heterocycles. The van der Waals surface area contributed by atoms with Crippen LogP contribution in [0.1, 0.15) is 53.6 Å². The van der Waals surface area contributed by atoms with Crippen molar-refractivity contribution in [3.05, 3.63) is 59.2 Å². The molecule has 1 spiro atoms. The first-order chi connectivity index (χ1) is 17.0. The number of likely N-dealkylation sites (N-methyl/N-ethyl adjacent to an activating group) is 1. The number of likely N-dealkylation sites (tertiary alicyclic amines) is 1. The van der Waals surface area contributed by atoms with Crippen molar-refractivity contribution in [3.8, 4) is 11.5 Å². The molecule has 0 aromatic heterocycles. The number of hydrogen-bond acceptors (Lipinski definition) is 6. The van der Waals surface area contributed by atoms with Crippen LogP contribution >= 0.6 is 0 Å². The lowest BCUT2D eigenvalue weighted by Gasteiger charge is -2.64. The zero-order chi connectivity index (χ0) is 23.9. The summed E-state index contributed by atoms with van der Waals surface area (Å²) in [7, 11) is 3.81. The van der Waals surface area contributed by atoms with Crippen molar-refractivity contribution in [3.63, 3.8) is 0 Å². The molecule has 2 aromatic carbocycles. The maximum Gasteiger partial charge on any atom is 0.183 e. The van der Waals surface area contributed by atoms with E-state index >= 15 is 0 Å². The van der Waals surface area contributed by atoms with Crippen molar-refractivity contribution < 1.29 is 19.4 Å². The Morgan fingerprint density at radius 2 is 1.94 bits per heavy atom. The topological polar surface area (TPSA) is 62.2 Å². The van der Waals surface area contributed by atoms with Crippen LogP contribution < -0.4 is 9.47 Å². The number of rotatable bonds is 6. The minimum atomic E-state index is -1.13. The van der Waals surface area contributed by atoms with Gasteiger partial charge in [0, 0.05) is 36.8 Å². The highest BCUT2D eigenvalue weighted by atomic mass is 16.5. The van der Waals surface area contributed by atoms with Crippen molar-refractivity contribution in [2.24, 2.45) is 5.92 Å². The monoisotopic (exact) mass is 474 g/mol. The van der Waals surface area contributed by atoms with E-state index in [0.717, 1.165) is 43.6 Å². The van der Waals surface area contributed by atoms with Crippen molar-refractivity contribution in [1.82, 2.24) is 9.80 Å². The Kier molecular flexibility index (Phi) is 4.71. The van der Waals surface area contributed by atoms with Crippen LogP contribution in [-0.4, -0.2) is 71.7 Å². The second-order valence-corrected chi connectivity index (χ2v) is 11.4. The molecule has 2 saturated carbocycles. The van der Waals surface area contributed by atoms with E-state index in [-0.39, 0.29) is 17.9 Å². The Labute approximate surface area is 206 Å². The molecule has 2 bridgehead atoms. The second kappa shape index (κ2) is 7.55. The standard InChI is InChI=1S/C29H34N2O4/c1-30(16-18-6-4-3-5-7-18)21-12-13-29(33)26-24(32)20-10-11-22(34-2)25-23(20)28(29,27(21)35-25)14-15-31(26)17-19-8-9-19/h3-7,10-11,19,21,26-27,33H,8-9,12-17H2,1-2H3/t21-,26-,27+,28+,29-/m1/s1. The number of nitrogens with zero attached hydrogens (tertiary/aromatic N) is 2. The quantitative estimate of drug-likeness (QED) is 0.693. The van der Waals surface area contributed by atoms with E-state index in [1.165, 1.54) is 18.4 Å². The fraction of sp³-hybridized carbons (Fsp3) is 0.552. The summed E-state index contributed by atoms with van der Waals surface area (Å²) in [5.41, 5.74) is 1.17. The maximum atomic E-state index is 14.0. The zero-order valence-electron chi connectivity index (χ0n) is 20.6. The number of piperidine rings is 1. The van der Waals surface area contributed by atoms with Crippen LogP contribution in [0.25, 0.3) is 0 Å². The van der Waals surface area contributed by atoms with E-state index in [1.54, 1.807) is 7.11 Å². The number of carbonyl (C=O) groups excluding carboxylic acids is 1. The van der Waals surface area contributed by atoms with Gasteiger partial charge in [-0.15, -0.1) is 0 Å². The first-order valence-corrected chi connectivity index (χ1v) is 13.1. The maximum absolute atomic E-state index is 14.0. The number of methoxy groups -OCH3 is 1. The van der Waals surface area contributed by atoms with E-state index in [1.807, 2.05) is 18.2 Å². The third-order valence-electron chi connectivity index (χ3n) is 9.62. The van der Waals surface area contributed by atoms with Gasteiger partial charge in [0.05, 0.1) is 12.5 Å². The largest absolute Gasteiger partial charge is 0.493 e. The molecular weight excluding hydrogens is 440 g/mol. The van der Waals surface area contributed by atoms with Gasteiger partial charge in [-0.3, -0.25) is 14.6 Å². The Balaban J connectivity index is 1.35. The molecule has 3 aliphatic carbocycles. The second-order valence-electron chi connectivity index (χ2n) is 11.4. The van der Waals surface area contributed by atoms with Gasteiger partial charge in [0.15, 0.2) is 17.3 Å². The summed E-state index contributed by atoms with van der Waals surface area (Å²) in [6.07, 6.45) is 4.43. The first-order valence-electron chi connectivity index (χ1n) is 13.1. The van der Waals surface area contributed by atoms with Crippen LogP contribution in [0.2, 0.25) is 0 Å². The Morgan fingerprint density at radius 3 is 2.69 bits per heavy atom. The molecule has 7 rings (SSSR count). The highest BCUT2D eigenvalue weighted by molar-refractivity contribution is 6.06. The van der Waals surface area contributed by atoms with Crippen LogP contribution in [0.4, 0.5) is 0 Å². The van der Waals surface area contributed by atoms with Gasteiger partial charge in [-0.25, -0.2) is 0 Å². The number of Topliss-reactive ketones (excluding diaryl/α,β-unsaturated/α-hetero) is 1. The molecule has 0 amide bonds. The van der Waals surface area contributed by atoms with Gasteiger partial charge < -0.3 is 14.6 Å². The summed E-state index contributed by atoms with van der Waals surface area (Å²) in [6.45, 7) is 2.55. The summed E-state index contributed by atoms with van der Waals surface area (Å²) in [6, 6.07) is 13.9. The average molecular weight is 475 g/mol. The molecule has 3 fully saturated rings. The molecule has 0 radical (unpaired) electrons. The van der Waals surface area contributed by atoms with Gasteiger partial charge in [0.25, 0.3) is 0 Å². The van der Waals surface area contributed by atoms with Crippen LogP contribution in [0.15, 0.2) is 42.5 Å². The van der Waals surface area contributed by atoms with E-state index in [0.29, 0.717) is 23.8 Å². The van der Waals surface area contributed by atoms with Gasteiger partial charge in [-0.1, -0.05) is 30.3 Å². The summed E-state index contributed by atoms with van der Waals surface area (Å²) in [5.74, 6) is 2.06. The predicted molar refractivity (Wildman–Crippen MR) is 132 cm³/mol. The average Bonchev–Trinajstić information content (AvgIpc) is 3.60. The number of ether oxygens (including phenoxy) is 2. The van der Waals surface area contributed by atoms with Gasteiger partial charge in [0.1, 0.15) is 17.7 Å². The number of ketones is 1. The molecule has 5 atom stereocenters. The Bertz CT molecular complexity index is 1180. The summed E-state index contributed by atoms with van der Waals surface area (Å²) < 4.78 is 12.5. The minimum absolute atomic E-state index is 0.0581. The van der Waals surface area contributed by atoms with Gasteiger partial charge in [0.2, 0.25) is 0 Å². The fourth-order valence-corrected chi connectivity index (χ4v) is 7.89. The number of benzene rings is 2. The van der Waals surface area contributed by atoms with Crippen molar-refractivity contribution >= 4 is 5.78 Å². The zero-order valence-corrected chi connectivity index (χ0v) is 20.6. The van der Waals surface area contributed by atoms with Gasteiger partial charge in [-0.2, -0.15) is 0 Å². The molecule has 35 heavy (non-hydrogen) atoms. The van der Waals surface area contributed by atoms with Crippen molar-refractivity contribution in [2.45, 2.75) is 67.9 Å². The normalized spacial score (nSPS) is 35.1. The molecule has 2 aliphatic heterocycles. The highest BCUT2D eigenvalue weighted by Gasteiger charge is 2.75. The van der Waals surface area contributed by atoms with E-state index in [2.05, 4.69) is 41.1 Å². The molecule has 2 aromatic rings. The first kappa shape index (κ1) is 21.8. The van der Waals surface area contributed by atoms with Gasteiger partial charge >= 0.3 is 0 Å². The van der Waals surface area contributed by atoms with Crippen molar-refractivity contribution in [1.29, 1.82) is 0 Å². The number of hydrogen-bond donors (Lipinski definition) is 1. The molecule has 184 valence electrons. The molecule has 6 heteroatoms. The SMILES string of the molecule is COc1ccc2c3c1O[C@H]1[C@H](N(C)Cc4ccccc4)CC[C@@]4(O)[C@@H](C2=O)N(CC2CC2)CC[C@]314. The van der Waals surface area contributed by atoms with Crippen LogP contribution in [-0.2, 0) is 12.0 Å². The molecular formula is C29H34N2O4. The summed E-state index contributed by atoms with van der Waals surface area (Å²) >= 11 is 0. The van der Waals surface area contributed by atoms with Crippen LogP contribution in [0.5, 0.6) is 11.5 Å². The lowest BCUT2D eigenvalue weighted by atomic mass is 9.48. The van der Waals surface area contributed by atoms with E-state index < -0.39 is 17.1 Å². The van der Waals surface area contributed by atoms with Crippen LogP contribution in [0.3, 0.4) is 0 Å². The van der Waals surface area contributed by atoms with E-state index in [4.69, 9.17) is 9.47 Å². The lowest BCUT2D eigenvalue weighted by Crippen LogP contribution is -2.79. The number of carbonyl (C=O) groups is 1. The lowest BCUT2D eigenvalue weighted by molar-refractivity contribution is -0.187. The van der Waals surface area contributed by atoms with Gasteiger partial charge in [-0.05, 0) is 62.8 Å². The van der Waals surface area contributed by atoms with E-state index in [9.17, 15) is 9.90 Å². The Morgan fingerprint density at radius 1 is 1.14 bits per heavy atom. The molecule has 6 nitrogen and oxygen atoms in total. The van der Waals surface area contributed by atoms with Crippen LogP contribution in [0, 0.1) is 5.92 Å². The molecule has 5 aliphatic rings. The third-order valence-corrected chi connectivity index (χ3v) is 9.62. The summed E-state index contributed by atoms with van der Waals surface area (Å²) in [4.78, 5) is 18.7. The Hall–Kier alpha value is -2.41. The minimum Gasteiger partial charge on any atom is -0.493 e. The predicted octanol–water partition coefficient (Wildman–Crippen LogP) is 3.40. The fourth-order valence-electron chi connectivity index (χ4n) is 7.89. The van der Waals surface area contributed by atoms with Crippen molar-refractivity contribution in [2.75, 3.05) is 27.2 Å². The molecule has 1 N–H and O–H groups in total. The molecule has 0 unspecified atom stereocenters.